The summed E-state index contributed by atoms with van der Waals surface area (Å²) in [6, 6.07) is 9.72. The third kappa shape index (κ3) is 2.97. The molecule has 3 heterocycles. The van der Waals surface area contributed by atoms with Gasteiger partial charge < -0.3 is 4.42 Å². The number of aromatic nitrogens is 2. The first-order valence-electron chi connectivity index (χ1n) is 7.91. The Labute approximate surface area is 140 Å². The minimum Gasteiger partial charge on any atom is -0.460 e. The van der Waals surface area contributed by atoms with Crippen LogP contribution in [0.2, 0.25) is 0 Å². The molecule has 1 aliphatic heterocycles. The molecule has 1 atom stereocenters. The fourth-order valence-corrected chi connectivity index (χ4v) is 4.83. The summed E-state index contributed by atoms with van der Waals surface area (Å²) in [5, 5.41) is 5.25. The summed E-state index contributed by atoms with van der Waals surface area (Å²) >= 11 is 0. The van der Waals surface area contributed by atoms with Crippen molar-refractivity contribution in [3.05, 3.63) is 54.0 Å². The SMILES string of the molecule is Cn1cc(C2CS(=O)(=O)CCN2Cc2cc3ccccc3o2)cn1. The molecule has 2 aromatic heterocycles. The Hall–Kier alpha value is -2.12. The minimum absolute atomic E-state index is 0.124. The average molecular weight is 345 g/mol. The molecule has 1 unspecified atom stereocenters. The van der Waals surface area contributed by atoms with E-state index >= 15 is 0 Å². The van der Waals surface area contributed by atoms with Crippen LogP contribution >= 0.6 is 0 Å². The largest absolute Gasteiger partial charge is 0.460 e. The van der Waals surface area contributed by atoms with Crippen LogP contribution in [-0.4, -0.2) is 41.1 Å². The van der Waals surface area contributed by atoms with Gasteiger partial charge in [0.15, 0.2) is 9.84 Å². The second-order valence-electron chi connectivity index (χ2n) is 6.30. The van der Waals surface area contributed by atoms with Gasteiger partial charge in [-0.3, -0.25) is 9.58 Å². The monoisotopic (exact) mass is 345 g/mol. The van der Waals surface area contributed by atoms with E-state index in [9.17, 15) is 8.42 Å². The molecule has 0 bridgehead atoms. The van der Waals surface area contributed by atoms with Crippen LogP contribution in [0.15, 0.2) is 47.1 Å². The molecule has 1 aliphatic rings. The Morgan fingerprint density at radius 3 is 2.92 bits per heavy atom. The smallest absolute Gasteiger partial charge is 0.153 e. The molecular formula is C17H19N3O3S. The van der Waals surface area contributed by atoms with Crippen molar-refractivity contribution >= 4 is 20.8 Å². The molecule has 7 heteroatoms. The third-order valence-corrected chi connectivity index (χ3v) is 6.12. The molecule has 0 amide bonds. The molecule has 24 heavy (non-hydrogen) atoms. The van der Waals surface area contributed by atoms with Crippen molar-refractivity contribution in [3.63, 3.8) is 0 Å². The van der Waals surface area contributed by atoms with Gasteiger partial charge in [0.2, 0.25) is 0 Å². The van der Waals surface area contributed by atoms with Crippen LogP contribution in [0.5, 0.6) is 0 Å². The Morgan fingerprint density at radius 1 is 1.33 bits per heavy atom. The predicted octanol–water partition coefficient (Wildman–Crippen LogP) is 2.14. The number of hydrogen-bond acceptors (Lipinski definition) is 5. The van der Waals surface area contributed by atoms with E-state index in [1.165, 1.54) is 0 Å². The molecule has 0 saturated carbocycles. The first-order valence-corrected chi connectivity index (χ1v) is 9.73. The first kappa shape index (κ1) is 15.4. The van der Waals surface area contributed by atoms with Gasteiger partial charge in [-0.1, -0.05) is 18.2 Å². The third-order valence-electron chi connectivity index (χ3n) is 4.49. The second kappa shape index (κ2) is 5.75. The maximum Gasteiger partial charge on any atom is 0.153 e. The summed E-state index contributed by atoms with van der Waals surface area (Å²) in [5.41, 5.74) is 1.78. The molecule has 1 saturated heterocycles. The Kier molecular flexibility index (Phi) is 3.69. The van der Waals surface area contributed by atoms with E-state index in [4.69, 9.17) is 4.42 Å². The van der Waals surface area contributed by atoms with Crippen LogP contribution in [0, 0.1) is 0 Å². The molecular weight excluding hydrogens is 326 g/mol. The van der Waals surface area contributed by atoms with Crippen LogP contribution in [0.1, 0.15) is 17.4 Å². The maximum atomic E-state index is 12.1. The van der Waals surface area contributed by atoms with E-state index in [1.807, 2.05) is 43.6 Å². The summed E-state index contributed by atoms with van der Waals surface area (Å²) in [4.78, 5) is 2.16. The molecule has 1 fully saturated rings. The van der Waals surface area contributed by atoms with E-state index in [2.05, 4.69) is 10.00 Å². The van der Waals surface area contributed by atoms with E-state index < -0.39 is 9.84 Å². The zero-order valence-corrected chi connectivity index (χ0v) is 14.2. The lowest BCUT2D eigenvalue weighted by atomic mass is 10.1. The highest BCUT2D eigenvalue weighted by atomic mass is 32.2. The number of hydrogen-bond donors (Lipinski definition) is 0. The Bertz CT molecular complexity index is 941. The van der Waals surface area contributed by atoms with Crippen molar-refractivity contribution in [2.45, 2.75) is 12.6 Å². The lowest BCUT2D eigenvalue weighted by Gasteiger charge is -2.34. The van der Waals surface area contributed by atoms with Crippen LogP contribution in [0.3, 0.4) is 0 Å². The molecule has 4 rings (SSSR count). The number of sulfone groups is 1. The number of benzene rings is 1. The summed E-state index contributed by atoms with van der Waals surface area (Å²) in [7, 11) is -1.19. The van der Waals surface area contributed by atoms with E-state index in [1.54, 1.807) is 10.9 Å². The number of furan rings is 1. The lowest BCUT2D eigenvalue weighted by molar-refractivity contribution is 0.192. The molecule has 126 valence electrons. The highest BCUT2D eigenvalue weighted by Gasteiger charge is 2.33. The summed E-state index contributed by atoms with van der Waals surface area (Å²) in [6.07, 6.45) is 3.63. The molecule has 6 nitrogen and oxygen atoms in total. The molecule has 1 aromatic carbocycles. The van der Waals surface area contributed by atoms with E-state index in [-0.39, 0.29) is 17.5 Å². The zero-order valence-electron chi connectivity index (χ0n) is 13.4. The van der Waals surface area contributed by atoms with Crippen LogP contribution in [0.25, 0.3) is 11.0 Å². The highest BCUT2D eigenvalue weighted by molar-refractivity contribution is 7.91. The molecule has 0 aliphatic carbocycles. The van der Waals surface area contributed by atoms with E-state index in [0.29, 0.717) is 13.1 Å². The summed E-state index contributed by atoms with van der Waals surface area (Å²) in [5.74, 6) is 1.16. The molecule has 0 spiro atoms. The Morgan fingerprint density at radius 2 is 2.17 bits per heavy atom. The molecule has 3 aromatic rings. The number of rotatable bonds is 3. The highest BCUT2D eigenvalue weighted by Crippen LogP contribution is 2.29. The lowest BCUT2D eigenvalue weighted by Crippen LogP contribution is -2.42. The van der Waals surface area contributed by atoms with Gasteiger partial charge in [0.05, 0.1) is 30.3 Å². The summed E-state index contributed by atoms with van der Waals surface area (Å²) in [6.45, 7) is 1.09. The van der Waals surface area contributed by atoms with Gasteiger partial charge >= 0.3 is 0 Å². The van der Waals surface area contributed by atoms with Crippen LogP contribution in [-0.2, 0) is 23.4 Å². The predicted molar refractivity (Wildman–Crippen MR) is 91.2 cm³/mol. The maximum absolute atomic E-state index is 12.1. The second-order valence-corrected chi connectivity index (χ2v) is 8.53. The standard InChI is InChI=1S/C17H19N3O3S/c1-19-10-14(9-18-19)16-12-24(21,22)7-6-20(16)11-15-8-13-4-2-3-5-17(13)23-15/h2-5,8-10,16H,6-7,11-12H2,1H3. The van der Waals surface area contributed by atoms with Crippen LogP contribution < -0.4 is 0 Å². The van der Waals surface area contributed by atoms with Crippen molar-refractivity contribution in [1.82, 2.24) is 14.7 Å². The van der Waals surface area contributed by atoms with Crippen LogP contribution in [0.4, 0.5) is 0 Å². The van der Waals surface area contributed by atoms with Crippen molar-refractivity contribution in [2.24, 2.45) is 7.05 Å². The molecule has 0 N–H and O–H groups in total. The number of nitrogens with zero attached hydrogens (tertiary/aromatic N) is 3. The van der Waals surface area contributed by atoms with Crippen molar-refractivity contribution in [2.75, 3.05) is 18.1 Å². The van der Waals surface area contributed by atoms with Gasteiger partial charge in [-0.05, 0) is 12.1 Å². The number of fused-ring (bicyclic) bond motifs is 1. The van der Waals surface area contributed by atoms with Crippen molar-refractivity contribution in [3.8, 4) is 0 Å². The minimum atomic E-state index is -3.03. The number of para-hydroxylation sites is 1. The zero-order chi connectivity index (χ0) is 16.7. The topological polar surface area (TPSA) is 68.3 Å². The number of aryl methyl sites for hydroxylation is 1. The van der Waals surface area contributed by atoms with Gasteiger partial charge in [0, 0.05) is 30.7 Å². The molecule has 0 radical (unpaired) electrons. The normalized spacial score (nSPS) is 21.3. The fourth-order valence-electron chi connectivity index (χ4n) is 3.26. The fraction of sp³-hybridized carbons (Fsp3) is 0.353. The van der Waals surface area contributed by atoms with Crippen molar-refractivity contribution < 1.29 is 12.8 Å². The van der Waals surface area contributed by atoms with Gasteiger partial charge in [-0.25, -0.2) is 8.42 Å². The van der Waals surface area contributed by atoms with Gasteiger partial charge in [0.25, 0.3) is 0 Å². The Balaban J connectivity index is 1.64. The van der Waals surface area contributed by atoms with E-state index in [0.717, 1.165) is 22.3 Å². The quantitative estimate of drug-likeness (QED) is 0.727. The summed E-state index contributed by atoms with van der Waals surface area (Å²) < 4.78 is 31.8. The average Bonchev–Trinajstić information content (AvgIpc) is 3.14. The van der Waals surface area contributed by atoms with Gasteiger partial charge in [-0.15, -0.1) is 0 Å². The van der Waals surface area contributed by atoms with Crippen molar-refractivity contribution in [1.29, 1.82) is 0 Å². The first-order chi connectivity index (χ1) is 11.5. The van der Waals surface area contributed by atoms with Gasteiger partial charge in [-0.2, -0.15) is 5.10 Å². The van der Waals surface area contributed by atoms with Gasteiger partial charge in [0.1, 0.15) is 11.3 Å².